The number of methoxy groups -OCH3 is 1. The summed E-state index contributed by atoms with van der Waals surface area (Å²) < 4.78 is 48.3. The maximum absolute atomic E-state index is 11.7. The number of hydrogen-bond donors (Lipinski definition) is 1. The number of halogens is 3. The van der Waals surface area contributed by atoms with Gasteiger partial charge in [-0.2, -0.15) is 13.2 Å². The molecule has 0 aromatic rings. The monoisotopic (exact) mass is 399 g/mol. The van der Waals surface area contributed by atoms with Gasteiger partial charge in [-0.1, -0.05) is 0 Å². The minimum absolute atomic E-state index is 0.0474. The van der Waals surface area contributed by atoms with E-state index in [0.717, 1.165) is 38.8 Å². The van der Waals surface area contributed by atoms with Crippen LogP contribution in [0.1, 0.15) is 45.4 Å². The van der Waals surface area contributed by atoms with Gasteiger partial charge in [-0.25, -0.2) is 4.79 Å². The van der Waals surface area contributed by atoms with E-state index < -0.39 is 12.1 Å². The molecule has 1 aliphatic carbocycles. The molecule has 1 aliphatic heterocycles. The molecule has 1 saturated carbocycles. The fourth-order valence-corrected chi connectivity index (χ4v) is 3.10. The zero-order chi connectivity index (χ0) is 20.4. The highest BCUT2D eigenvalue weighted by atomic mass is 19.4. The Kier molecular flexibility index (Phi) is 10.0. The van der Waals surface area contributed by atoms with E-state index in [1.807, 2.05) is 6.92 Å². The van der Waals surface area contributed by atoms with Crippen molar-refractivity contribution in [3.63, 3.8) is 0 Å². The Bertz CT molecular complexity index is 460. The zero-order valence-electron chi connectivity index (χ0n) is 15.7. The van der Waals surface area contributed by atoms with Crippen molar-refractivity contribution in [2.24, 2.45) is 5.92 Å². The second-order valence-electron chi connectivity index (χ2n) is 6.45. The molecule has 7 nitrogen and oxygen atoms in total. The van der Waals surface area contributed by atoms with Gasteiger partial charge in [0, 0.05) is 20.2 Å². The van der Waals surface area contributed by atoms with E-state index >= 15 is 0 Å². The Hall–Kier alpha value is -1.39. The number of carbonyl (C=O) groups excluding carboxylic acids is 1. The van der Waals surface area contributed by atoms with E-state index in [1.165, 1.54) is 12.8 Å². The number of nitrogens with zero attached hydrogens (tertiary/aromatic N) is 1. The zero-order valence-corrected chi connectivity index (χ0v) is 15.7. The van der Waals surface area contributed by atoms with Gasteiger partial charge in [0.1, 0.15) is 0 Å². The lowest BCUT2D eigenvalue weighted by Gasteiger charge is -2.33. The first-order chi connectivity index (χ1) is 12.7. The predicted octanol–water partition coefficient (Wildman–Crippen LogP) is 2.78. The summed E-state index contributed by atoms with van der Waals surface area (Å²) >= 11 is 0. The van der Waals surface area contributed by atoms with Gasteiger partial charge in [-0.15, -0.1) is 0 Å². The van der Waals surface area contributed by atoms with Crippen molar-refractivity contribution in [1.82, 2.24) is 4.90 Å². The molecular formula is C17H28F3NO6. The fourth-order valence-electron chi connectivity index (χ4n) is 3.10. The van der Waals surface area contributed by atoms with E-state index in [2.05, 4.69) is 4.90 Å². The normalized spacial score (nSPS) is 24.6. The highest BCUT2D eigenvalue weighted by molar-refractivity contribution is 5.73. The summed E-state index contributed by atoms with van der Waals surface area (Å²) in [5.74, 6) is -2.75. The molecule has 0 aromatic carbocycles. The smallest absolute Gasteiger partial charge is 0.475 e. The number of carboxylic acid groups (broad SMARTS) is 1. The van der Waals surface area contributed by atoms with Crippen molar-refractivity contribution >= 4 is 11.9 Å². The number of hydrogen-bond acceptors (Lipinski definition) is 6. The summed E-state index contributed by atoms with van der Waals surface area (Å²) in [4.78, 5) is 22.8. The lowest BCUT2D eigenvalue weighted by molar-refractivity contribution is -0.233. The summed E-state index contributed by atoms with van der Waals surface area (Å²) in [5.41, 5.74) is 0. The van der Waals surface area contributed by atoms with Crippen molar-refractivity contribution < 1.29 is 42.1 Å². The van der Waals surface area contributed by atoms with Crippen molar-refractivity contribution in [1.29, 1.82) is 0 Å². The molecule has 2 aliphatic rings. The molecule has 1 saturated heterocycles. The number of carboxylic acids is 1. The second kappa shape index (κ2) is 11.5. The summed E-state index contributed by atoms with van der Waals surface area (Å²) in [7, 11) is 1.70. The molecule has 2 fully saturated rings. The third-order valence-electron chi connectivity index (χ3n) is 4.49. The Morgan fingerprint density at radius 3 is 2.07 bits per heavy atom. The van der Waals surface area contributed by atoms with E-state index in [-0.39, 0.29) is 24.4 Å². The summed E-state index contributed by atoms with van der Waals surface area (Å²) in [6.07, 6.45) is 0.888. The summed E-state index contributed by atoms with van der Waals surface area (Å²) in [6.45, 7) is 4.43. The SMILES string of the molecule is CCOC(=O)C1CCC(OC(OC)N2CCCC2)CC1.O=C(O)C(F)(F)F. The van der Waals surface area contributed by atoms with E-state index in [4.69, 9.17) is 24.1 Å². The van der Waals surface area contributed by atoms with Crippen LogP contribution in [0.5, 0.6) is 0 Å². The minimum atomic E-state index is -5.08. The van der Waals surface area contributed by atoms with Gasteiger partial charge in [0.25, 0.3) is 0 Å². The molecule has 0 radical (unpaired) electrons. The summed E-state index contributed by atoms with van der Waals surface area (Å²) in [6, 6.07) is 0. The topological polar surface area (TPSA) is 85.3 Å². The van der Waals surface area contributed by atoms with Gasteiger partial charge < -0.3 is 19.3 Å². The number of esters is 1. The Morgan fingerprint density at radius 1 is 1.15 bits per heavy atom. The first-order valence-corrected chi connectivity index (χ1v) is 9.08. The van der Waals surface area contributed by atoms with Crippen LogP contribution in [0.25, 0.3) is 0 Å². The van der Waals surface area contributed by atoms with Crippen LogP contribution in [0, 0.1) is 5.92 Å². The molecule has 1 heterocycles. The number of alkyl halides is 3. The molecule has 1 N–H and O–H groups in total. The molecule has 0 aromatic heterocycles. The second-order valence-corrected chi connectivity index (χ2v) is 6.45. The summed E-state index contributed by atoms with van der Waals surface area (Å²) in [5, 5.41) is 7.12. The number of rotatable bonds is 6. The van der Waals surface area contributed by atoms with Crippen molar-refractivity contribution in [3.8, 4) is 0 Å². The standard InChI is InChI=1S/C15H27NO4.C2HF3O2/c1-3-19-14(17)12-6-8-13(9-7-12)20-15(18-2)16-10-4-5-11-16;3-2(4,5)1(6)7/h12-13,15H,3-11H2,1-2H3;(H,6,7). The highest BCUT2D eigenvalue weighted by Gasteiger charge is 2.38. The molecule has 1 unspecified atom stereocenters. The van der Waals surface area contributed by atoms with Gasteiger partial charge in [-0.3, -0.25) is 9.69 Å². The van der Waals surface area contributed by atoms with Crippen LogP contribution in [-0.4, -0.2) is 67.4 Å². The van der Waals surface area contributed by atoms with Crippen molar-refractivity contribution in [2.45, 2.75) is 64.1 Å². The number of aliphatic carboxylic acids is 1. The van der Waals surface area contributed by atoms with Crippen LogP contribution in [0.15, 0.2) is 0 Å². The third-order valence-corrected chi connectivity index (χ3v) is 4.49. The van der Waals surface area contributed by atoms with Crippen LogP contribution >= 0.6 is 0 Å². The van der Waals surface area contributed by atoms with Gasteiger partial charge in [0.2, 0.25) is 6.41 Å². The van der Waals surface area contributed by atoms with Crippen molar-refractivity contribution in [2.75, 3.05) is 26.8 Å². The van der Waals surface area contributed by atoms with Crippen LogP contribution in [-0.2, 0) is 23.8 Å². The van der Waals surface area contributed by atoms with Gasteiger partial charge >= 0.3 is 18.1 Å². The largest absolute Gasteiger partial charge is 0.490 e. The van der Waals surface area contributed by atoms with Gasteiger partial charge in [-0.05, 0) is 45.4 Å². The first kappa shape index (κ1) is 23.6. The molecule has 0 spiro atoms. The van der Waals surface area contributed by atoms with E-state index in [1.54, 1.807) is 7.11 Å². The fraction of sp³-hybridized carbons (Fsp3) is 0.882. The number of likely N-dealkylation sites (tertiary alicyclic amines) is 1. The molecule has 27 heavy (non-hydrogen) atoms. The van der Waals surface area contributed by atoms with Gasteiger partial charge in [0.05, 0.1) is 18.6 Å². The molecule has 10 heteroatoms. The average molecular weight is 399 g/mol. The lowest BCUT2D eigenvalue weighted by atomic mass is 9.87. The molecule has 0 bridgehead atoms. The van der Waals surface area contributed by atoms with Crippen molar-refractivity contribution in [3.05, 3.63) is 0 Å². The third kappa shape index (κ3) is 8.44. The quantitative estimate of drug-likeness (QED) is 0.543. The van der Waals surface area contributed by atoms with E-state index in [0.29, 0.717) is 6.61 Å². The van der Waals surface area contributed by atoms with Crippen LogP contribution in [0.3, 0.4) is 0 Å². The Labute approximate surface area is 156 Å². The number of ether oxygens (including phenoxy) is 3. The molecule has 0 amide bonds. The van der Waals surface area contributed by atoms with Crippen LogP contribution in [0.2, 0.25) is 0 Å². The highest BCUT2D eigenvalue weighted by Crippen LogP contribution is 2.29. The first-order valence-electron chi connectivity index (χ1n) is 9.08. The number of carbonyl (C=O) groups is 2. The molecule has 158 valence electrons. The lowest BCUT2D eigenvalue weighted by Crippen LogP contribution is -2.40. The predicted molar refractivity (Wildman–Crippen MR) is 88.8 cm³/mol. The minimum Gasteiger partial charge on any atom is -0.475 e. The van der Waals surface area contributed by atoms with E-state index in [9.17, 15) is 18.0 Å². The average Bonchev–Trinajstić information content (AvgIpc) is 3.14. The Balaban J connectivity index is 0.000000445. The maximum atomic E-state index is 11.7. The van der Waals surface area contributed by atoms with Gasteiger partial charge in [0.15, 0.2) is 0 Å². The molecule has 2 rings (SSSR count). The molecule has 1 atom stereocenters. The van der Waals surface area contributed by atoms with Crippen LogP contribution in [0.4, 0.5) is 13.2 Å². The molecular weight excluding hydrogens is 371 g/mol. The van der Waals surface area contributed by atoms with Crippen LogP contribution < -0.4 is 0 Å². The Morgan fingerprint density at radius 2 is 1.67 bits per heavy atom. The maximum Gasteiger partial charge on any atom is 0.490 e.